The Bertz CT molecular complexity index is 255. The lowest BCUT2D eigenvalue weighted by Gasteiger charge is -2.50. The number of likely N-dealkylation sites (tertiary alicyclic amines) is 1. The first-order valence-electron chi connectivity index (χ1n) is 8.14. The van der Waals surface area contributed by atoms with Crippen molar-refractivity contribution >= 4 is 11.8 Å². The highest BCUT2D eigenvalue weighted by Gasteiger charge is 2.40. The van der Waals surface area contributed by atoms with E-state index in [1.165, 1.54) is 44.5 Å². The summed E-state index contributed by atoms with van der Waals surface area (Å²) >= 11 is 1.98. The van der Waals surface area contributed by atoms with Gasteiger partial charge in [-0.05, 0) is 51.2 Å². The van der Waals surface area contributed by atoms with Gasteiger partial charge in [0.05, 0.1) is 0 Å². The standard InChI is InChI=1S/C16H32N2S/c1-5-15(11-19-4)17-16-13-7-6-8-14(16)10-18(9-13)12(2)3/h12-17H,5-11H2,1-4H3. The minimum atomic E-state index is 0.716. The summed E-state index contributed by atoms with van der Waals surface area (Å²) in [6, 6.07) is 2.23. The number of nitrogens with zero attached hydrogens (tertiary/aromatic N) is 1. The Labute approximate surface area is 124 Å². The molecule has 3 atom stereocenters. The predicted molar refractivity (Wildman–Crippen MR) is 86.9 cm³/mol. The minimum absolute atomic E-state index is 0.716. The van der Waals surface area contributed by atoms with Crippen molar-refractivity contribution in [2.75, 3.05) is 25.1 Å². The third kappa shape index (κ3) is 3.89. The molecule has 1 aliphatic carbocycles. The second-order valence-corrected chi connectivity index (χ2v) is 7.66. The van der Waals surface area contributed by atoms with E-state index in [-0.39, 0.29) is 0 Å². The van der Waals surface area contributed by atoms with Gasteiger partial charge in [-0.1, -0.05) is 13.3 Å². The molecule has 2 bridgehead atoms. The average Bonchev–Trinajstić information content (AvgIpc) is 2.37. The molecule has 0 amide bonds. The van der Waals surface area contributed by atoms with E-state index in [2.05, 4.69) is 37.2 Å². The van der Waals surface area contributed by atoms with Crippen LogP contribution in [0.25, 0.3) is 0 Å². The van der Waals surface area contributed by atoms with Crippen LogP contribution >= 0.6 is 11.8 Å². The highest BCUT2D eigenvalue weighted by atomic mass is 32.2. The topological polar surface area (TPSA) is 15.3 Å². The number of fused-ring (bicyclic) bond motifs is 2. The third-order valence-corrected chi connectivity index (χ3v) is 5.86. The van der Waals surface area contributed by atoms with Gasteiger partial charge in [-0.25, -0.2) is 0 Å². The average molecular weight is 285 g/mol. The van der Waals surface area contributed by atoms with E-state index >= 15 is 0 Å². The minimum Gasteiger partial charge on any atom is -0.310 e. The fraction of sp³-hybridized carbons (Fsp3) is 1.00. The monoisotopic (exact) mass is 284 g/mol. The molecule has 0 aromatic rings. The Hall–Kier alpha value is 0.270. The Balaban J connectivity index is 1.97. The van der Waals surface area contributed by atoms with Crippen molar-refractivity contribution in [2.45, 2.75) is 64.6 Å². The quantitative estimate of drug-likeness (QED) is 0.806. The first-order chi connectivity index (χ1) is 9.15. The van der Waals surface area contributed by atoms with E-state index in [1.54, 1.807) is 0 Å². The maximum Gasteiger partial charge on any atom is 0.0158 e. The largest absolute Gasteiger partial charge is 0.310 e. The molecule has 1 saturated heterocycles. The molecule has 0 spiro atoms. The zero-order chi connectivity index (χ0) is 13.8. The van der Waals surface area contributed by atoms with Gasteiger partial charge >= 0.3 is 0 Å². The van der Waals surface area contributed by atoms with Gasteiger partial charge in [-0.2, -0.15) is 11.8 Å². The summed E-state index contributed by atoms with van der Waals surface area (Å²) in [6.07, 6.45) is 7.83. The number of hydrogen-bond donors (Lipinski definition) is 1. The summed E-state index contributed by atoms with van der Waals surface area (Å²) in [4.78, 5) is 2.71. The van der Waals surface area contributed by atoms with Gasteiger partial charge in [0.1, 0.15) is 0 Å². The number of piperidine rings is 1. The van der Waals surface area contributed by atoms with E-state index < -0.39 is 0 Å². The molecule has 2 rings (SSSR count). The molecular formula is C16H32N2S. The SMILES string of the molecule is CCC(CSC)NC1C2CCCC1CN(C(C)C)C2. The van der Waals surface area contributed by atoms with Crippen LogP contribution in [-0.4, -0.2) is 48.1 Å². The van der Waals surface area contributed by atoms with E-state index in [0.29, 0.717) is 6.04 Å². The van der Waals surface area contributed by atoms with Crippen molar-refractivity contribution in [3.63, 3.8) is 0 Å². The maximum absolute atomic E-state index is 4.02. The van der Waals surface area contributed by atoms with Crippen LogP contribution in [0.4, 0.5) is 0 Å². The van der Waals surface area contributed by atoms with Gasteiger partial charge in [0.15, 0.2) is 0 Å². The molecule has 1 heterocycles. The van der Waals surface area contributed by atoms with Crippen LogP contribution in [0.5, 0.6) is 0 Å². The van der Waals surface area contributed by atoms with Gasteiger partial charge in [-0.3, -0.25) is 0 Å². The summed E-state index contributed by atoms with van der Waals surface area (Å²) < 4.78 is 0. The molecule has 1 saturated carbocycles. The zero-order valence-corrected chi connectivity index (χ0v) is 14.0. The second kappa shape index (κ2) is 7.33. The van der Waals surface area contributed by atoms with Crippen LogP contribution in [0.2, 0.25) is 0 Å². The number of rotatable bonds is 6. The van der Waals surface area contributed by atoms with Crippen molar-refractivity contribution in [1.82, 2.24) is 10.2 Å². The summed E-state index contributed by atoms with van der Waals surface area (Å²) in [6.45, 7) is 9.67. The summed E-state index contributed by atoms with van der Waals surface area (Å²) in [5.74, 6) is 3.05. The van der Waals surface area contributed by atoms with Gasteiger partial charge in [-0.15, -0.1) is 0 Å². The van der Waals surface area contributed by atoms with E-state index in [0.717, 1.165) is 23.9 Å². The second-order valence-electron chi connectivity index (χ2n) is 6.75. The summed E-state index contributed by atoms with van der Waals surface area (Å²) in [5.41, 5.74) is 0. The molecule has 2 fully saturated rings. The van der Waals surface area contributed by atoms with Gasteiger partial charge < -0.3 is 10.2 Å². The maximum atomic E-state index is 4.02. The zero-order valence-electron chi connectivity index (χ0n) is 13.2. The van der Waals surface area contributed by atoms with Crippen LogP contribution in [-0.2, 0) is 0 Å². The van der Waals surface area contributed by atoms with Crippen molar-refractivity contribution in [1.29, 1.82) is 0 Å². The smallest absolute Gasteiger partial charge is 0.0158 e. The third-order valence-electron chi connectivity index (χ3n) is 5.12. The van der Waals surface area contributed by atoms with Crippen LogP contribution in [0, 0.1) is 11.8 Å². The molecule has 2 nitrogen and oxygen atoms in total. The van der Waals surface area contributed by atoms with Gasteiger partial charge in [0.25, 0.3) is 0 Å². The van der Waals surface area contributed by atoms with Crippen molar-refractivity contribution in [2.24, 2.45) is 11.8 Å². The first kappa shape index (κ1) is 15.7. The van der Waals surface area contributed by atoms with Crippen LogP contribution < -0.4 is 5.32 Å². The highest BCUT2D eigenvalue weighted by molar-refractivity contribution is 7.98. The lowest BCUT2D eigenvalue weighted by molar-refractivity contribution is 0.0258. The summed E-state index contributed by atoms with van der Waals surface area (Å²) in [7, 11) is 0. The predicted octanol–water partition coefficient (Wildman–Crippen LogP) is 3.23. The molecule has 112 valence electrons. The molecule has 3 unspecified atom stereocenters. The Morgan fingerprint density at radius 2 is 1.84 bits per heavy atom. The molecule has 1 N–H and O–H groups in total. The molecule has 0 radical (unpaired) electrons. The van der Waals surface area contributed by atoms with Crippen LogP contribution in [0.15, 0.2) is 0 Å². The fourth-order valence-corrected chi connectivity index (χ4v) is 4.66. The molecule has 3 heteroatoms. The number of nitrogens with one attached hydrogen (secondary N) is 1. The number of hydrogen-bond acceptors (Lipinski definition) is 3. The molecule has 0 aromatic heterocycles. The summed E-state index contributed by atoms with van der Waals surface area (Å²) in [5, 5.41) is 4.02. The molecule has 2 aliphatic rings. The van der Waals surface area contributed by atoms with Gasteiger partial charge in [0, 0.05) is 37.0 Å². The number of thioether (sulfide) groups is 1. The Morgan fingerprint density at radius 3 is 2.32 bits per heavy atom. The molecular weight excluding hydrogens is 252 g/mol. The highest BCUT2D eigenvalue weighted by Crippen LogP contribution is 2.36. The van der Waals surface area contributed by atoms with E-state index in [1.807, 2.05) is 11.8 Å². The molecule has 19 heavy (non-hydrogen) atoms. The fourth-order valence-electron chi connectivity index (χ4n) is 3.92. The molecule has 0 aromatic carbocycles. The normalized spacial score (nSPS) is 33.6. The lowest BCUT2D eigenvalue weighted by atomic mass is 9.73. The Morgan fingerprint density at radius 1 is 1.21 bits per heavy atom. The molecule has 1 aliphatic heterocycles. The van der Waals surface area contributed by atoms with E-state index in [4.69, 9.17) is 0 Å². The van der Waals surface area contributed by atoms with Crippen molar-refractivity contribution in [3.8, 4) is 0 Å². The Kier molecular flexibility index (Phi) is 6.04. The van der Waals surface area contributed by atoms with Crippen molar-refractivity contribution in [3.05, 3.63) is 0 Å². The first-order valence-corrected chi connectivity index (χ1v) is 9.54. The van der Waals surface area contributed by atoms with Crippen LogP contribution in [0.3, 0.4) is 0 Å². The van der Waals surface area contributed by atoms with Gasteiger partial charge in [0.2, 0.25) is 0 Å². The lowest BCUT2D eigenvalue weighted by Crippen LogP contribution is -2.60. The van der Waals surface area contributed by atoms with E-state index in [9.17, 15) is 0 Å². The van der Waals surface area contributed by atoms with Crippen LogP contribution in [0.1, 0.15) is 46.5 Å². The van der Waals surface area contributed by atoms with Crippen molar-refractivity contribution < 1.29 is 0 Å².